The average Bonchev–Trinajstić information content (AvgIpc) is 2.79. The van der Waals surface area contributed by atoms with Crippen LogP contribution in [-0.2, 0) is 0 Å². The first-order valence-electron chi connectivity index (χ1n) is 6.88. The highest BCUT2D eigenvalue weighted by molar-refractivity contribution is 5.70. The van der Waals surface area contributed by atoms with Gasteiger partial charge in [0.15, 0.2) is 11.7 Å². The van der Waals surface area contributed by atoms with Gasteiger partial charge in [-0.05, 0) is 20.8 Å². The number of nitrogens with zero attached hydrogens (tertiary/aromatic N) is 5. The first-order valence-corrected chi connectivity index (χ1v) is 6.88. The summed E-state index contributed by atoms with van der Waals surface area (Å²) in [5.74, 6) is 0. The molecule has 0 bridgehead atoms. The van der Waals surface area contributed by atoms with Crippen molar-refractivity contribution < 1.29 is 14.5 Å². The summed E-state index contributed by atoms with van der Waals surface area (Å²) in [6.45, 7) is 5.05. The molecule has 0 aliphatic carbocycles. The van der Waals surface area contributed by atoms with Gasteiger partial charge in [-0.25, -0.2) is 9.59 Å². The van der Waals surface area contributed by atoms with E-state index in [0.29, 0.717) is 9.46 Å². The largest absolute Gasteiger partial charge is 0.409 e. The molecule has 0 atom stereocenters. The first-order chi connectivity index (χ1) is 11.0. The lowest BCUT2D eigenvalue weighted by molar-refractivity contribution is 0.0719. The van der Waals surface area contributed by atoms with Gasteiger partial charge in [-0.1, -0.05) is 0 Å². The molecule has 0 aromatic carbocycles. The van der Waals surface area contributed by atoms with Crippen molar-refractivity contribution in [3.63, 3.8) is 0 Å². The molecule has 0 fully saturated rings. The molecule has 0 saturated carbocycles. The van der Waals surface area contributed by atoms with Crippen molar-refractivity contribution in [1.29, 1.82) is 5.26 Å². The maximum Gasteiger partial charge on any atom is 0.396 e. The van der Waals surface area contributed by atoms with E-state index in [-0.39, 0.29) is 35.6 Å². The SMILES string of the molecule is CCOn1c(=O)n(OCC)c2c1c(=O)n(C#N)c(=O)n2OCC. The van der Waals surface area contributed by atoms with Gasteiger partial charge in [-0.3, -0.25) is 4.79 Å². The zero-order chi connectivity index (χ0) is 17.1. The predicted octanol–water partition coefficient (Wildman–Crippen LogP) is -2.20. The Balaban J connectivity index is 3.12. The first kappa shape index (κ1) is 16.2. The molecular formula is C12H15N5O6. The molecule has 0 radical (unpaired) electrons. The molecule has 0 unspecified atom stereocenters. The van der Waals surface area contributed by atoms with E-state index >= 15 is 0 Å². The van der Waals surface area contributed by atoms with Crippen LogP contribution in [0.25, 0.3) is 11.2 Å². The Bertz CT molecular complexity index is 940. The van der Waals surface area contributed by atoms with Gasteiger partial charge in [-0.15, -0.1) is 14.2 Å². The fourth-order valence-electron chi connectivity index (χ4n) is 2.02. The Morgan fingerprint density at radius 1 is 0.870 bits per heavy atom. The van der Waals surface area contributed by atoms with Crippen LogP contribution in [0.2, 0.25) is 0 Å². The van der Waals surface area contributed by atoms with Gasteiger partial charge in [0.25, 0.3) is 5.56 Å². The molecule has 2 heterocycles. The van der Waals surface area contributed by atoms with Crippen molar-refractivity contribution in [3.05, 3.63) is 31.3 Å². The maximum absolute atomic E-state index is 12.4. The van der Waals surface area contributed by atoms with Crippen molar-refractivity contribution in [1.82, 2.24) is 18.8 Å². The number of fused-ring (bicyclic) bond motifs is 1. The lowest BCUT2D eigenvalue weighted by Crippen LogP contribution is -2.42. The van der Waals surface area contributed by atoms with E-state index < -0.39 is 16.9 Å². The molecule has 11 heteroatoms. The smallest absolute Gasteiger partial charge is 0.396 e. The summed E-state index contributed by atoms with van der Waals surface area (Å²) in [5.41, 5.74) is -3.46. The van der Waals surface area contributed by atoms with Gasteiger partial charge in [0.1, 0.15) is 19.8 Å². The van der Waals surface area contributed by atoms with Crippen molar-refractivity contribution in [2.75, 3.05) is 19.8 Å². The number of imidazole rings is 1. The standard InChI is InChI=1S/C12H15N5O6/c1-4-21-15-8-9(17(12(15)20)23-6-3)16(22-5-2)11(19)14(7-13)10(8)18/h4-6H2,1-3H3. The highest BCUT2D eigenvalue weighted by atomic mass is 16.7. The van der Waals surface area contributed by atoms with Gasteiger partial charge >= 0.3 is 11.4 Å². The lowest BCUT2D eigenvalue weighted by atomic mass is 10.5. The predicted molar refractivity (Wildman–Crippen MR) is 77.1 cm³/mol. The monoisotopic (exact) mass is 325 g/mol. The zero-order valence-electron chi connectivity index (χ0n) is 12.8. The van der Waals surface area contributed by atoms with Crippen LogP contribution in [0, 0.1) is 11.5 Å². The van der Waals surface area contributed by atoms with Crippen LogP contribution in [0.1, 0.15) is 20.8 Å². The van der Waals surface area contributed by atoms with Crippen LogP contribution >= 0.6 is 0 Å². The molecule has 0 aliphatic heterocycles. The average molecular weight is 325 g/mol. The Kier molecular flexibility index (Phi) is 4.44. The summed E-state index contributed by atoms with van der Waals surface area (Å²) in [5, 5.41) is 9.03. The minimum absolute atomic E-state index is 0.0543. The topological polar surface area (TPSA) is 122 Å². The van der Waals surface area contributed by atoms with E-state index in [2.05, 4.69) is 0 Å². The van der Waals surface area contributed by atoms with E-state index in [0.717, 1.165) is 4.73 Å². The van der Waals surface area contributed by atoms with E-state index in [4.69, 9.17) is 19.8 Å². The Labute approximate surface area is 128 Å². The fourth-order valence-corrected chi connectivity index (χ4v) is 2.02. The number of hydrogen-bond donors (Lipinski definition) is 0. The second-order valence-corrected chi connectivity index (χ2v) is 4.11. The number of aromatic nitrogens is 4. The van der Waals surface area contributed by atoms with Crippen molar-refractivity contribution in [2.45, 2.75) is 20.8 Å². The van der Waals surface area contributed by atoms with Crippen molar-refractivity contribution >= 4 is 11.2 Å². The fraction of sp³-hybridized carbons (Fsp3) is 0.500. The number of hydrogen-bond acceptors (Lipinski definition) is 7. The number of rotatable bonds is 6. The Morgan fingerprint density at radius 2 is 1.35 bits per heavy atom. The summed E-state index contributed by atoms with van der Waals surface area (Å²) >= 11 is 0. The molecule has 0 amide bonds. The molecule has 11 nitrogen and oxygen atoms in total. The van der Waals surface area contributed by atoms with Crippen LogP contribution < -0.4 is 31.5 Å². The van der Waals surface area contributed by atoms with Gasteiger partial charge in [-0.2, -0.15) is 9.83 Å². The van der Waals surface area contributed by atoms with Crippen LogP contribution in [-0.4, -0.2) is 38.6 Å². The lowest BCUT2D eigenvalue weighted by Gasteiger charge is -2.10. The molecule has 124 valence electrons. The second-order valence-electron chi connectivity index (χ2n) is 4.11. The third-order valence-electron chi connectivity index (χ3n) is 2.79. The summed E-state index contributed by atoms with van der Waals surface area (Å²) in [6, 6.07) is 0. The van der Waals surface area contributed by atoms with E-state index in [1.165, 1.54) is 6.19 Å². The molecule has 23 heavy (non-hydrogen) atoms. The van der Waals surface area contributed by atoms with E-state index in [9.17, 15) is 14.4 Å². The second kappa shape index (κ2) is 6.30. The summed E-state index contributed by atoms with van der Waals surface area (Å²) in [6.07, 6.45) is 1.45. The Hall–Kier alpha value is -3.16. The highest BCUT2D eigenvalue weighted by Gasteiger charge is 2.26. The highest BCUT2D eigenvalue weighted by Crippen LogP contribution is 2.04. The normalized spacial score (nSPS) is 10.5. The van der Waals surface area contributed by atoms with Gasteiger partial charge in [0, 0.05) is 0 Å². The van der Waals surface area contributed by atoms with E-state index in [1.807, 2.05) is 0 Å². The van der Waals surface area contributed by atoms with Crippen LogP contribution in [0.4, 0.5) is 0 Å². The van der Waals surface area contributed by atoms with Crippen LogP contribution in [0.5, 0.6) is 0 Å². The van der Waals surface area contributed by atoms with Crippen molar-refractivity contribution in [3.8, 4) is 6.19 Å². The minimum Gasteiger partial charge on any atom is -0.409 e. The van der Waals surface area contributed by atoms with Crippen LogP contribution in [0.15, 0.2) is 14.4 Å². The van der Waals surface area contributed by atoms with Gasteiger partial charge < -0.3 is 14.5 Å². The minimum atomic E-state index is -1.05. The molecule has 2 rings (SSSR count). The molecule has 2 aromatic rings. The molecule has 0 saturated heterocycles. The maximum atomic E-state index is 12.4. The molecular weight excluding hydrogens is 310 g/mol. The molecule has 0 aliphatic rings. The molecule has 0 N–H and O–H groups in total. The summed E-state index contributed by atoms with van der Waals surface area (Å²) < 4.78 is 2.33. The van der Waals surface area contributed by atoms with E-state index in [1.54, 1.807) is 20.8 Å². The van der Waals surface area contributed by atoms with Gasteiger partial charge in [0.2, 0.25) is 5.65 Å². The third-order valence-corrected chi connectivity index (χ3v) is 2.79. The summed E-state index contributed by atoms with van der Waals surface area (Å²) in [7, 11) is 0. The molecule has 2 aromatic heterocycles. The summed E-state index contributed by atoms with van der Waals surface area (Å²) in [4.78, 5) is 52.4. The third kappa shape index (κ3) is 2.33. The molecule has 0 spiro atoms. The zero-order valence-corrected chi connectivity index (χ0v) is 12.8. The van der Waals surface area contributed by atoms with Gasteiger partial charge in [0.05, 0.1) is 0 Å². The quantitative estimate of drug-likeness (QED) is 0.590. The number of nitriles is 1. The Morgan fingerprint density at radius 3 is 1.83 bits per heavy atom. The van der Waals surface area contributed by atoms with Crippen LogP contribution in [0.3, 0.4) is 0 Å². The van der Waals surface area contributed by atoms with Crippen molar-refractivity contribution in [2.24, 2.45) is 0 Å².